The van der Waals surface area contributed by atoms with E-state index in [-0.39, 0.29) is 10.9 Å². The molecule has 0 spiro atoms. The molecule has 6 heteroatoms. The van der Waals surface area contributed by atoms with Crippen molar-refractivity contribution in [2.24, 2.45) is 11.7 Å². The highest BCUT2D eigenvalue weighted by Gasteiger charge is 2.20. The van der Waals surface area contributed by atoms with Crippen LogP contribution in [0.1, 0.15) is 31.9 Å². The van der Waals surface area contributed by atoms with Crippen molar-refractivity contribution in [3.8, 4) is 11.3 Å². The van der Waals surface area contributed by atoms with Gasteiger partial charge in [-0.1, -0.05) is 44.5 Å². The molecule has 1 heterocycles. The van der Waals surface area contributed by atoms with Gasteiger partial charge in [0.1, 0.15) is 5.76 Å². The highest BCUT2D eigenvalue weighted by Crippen LogP contribution is 2.34. The van der Waals surface area contributed by atoms with Crippen molar-refractivity contribution in [2.75, 3.05) is 4.72 Å². The molecule has 0 saturated heterocycles. The Morgan fingerprint density at radius 1 is 1.07 bits per heavy atom. The first-order valence-electron chi connectivity index (χ1n) is 8.93. The van der Waals surface area contributed by atoms with Gasteiger partial charge in [0, 0.05) is 11.6 Å². The maximum Gasteiger partial charge on any atom is 0.261 e. The smallest absolute Gasteiger partial charge is 0.261 e. The van der Waals surface area contributed by atoms with Crippen LogP contribution in [0.3, 0.4) is 0 Å². The van der Waals surface area contributed by atoms with E-state index in [0.29, 0.717) is 22.9 Å². The topological polar surface area (TPSA) is 85.3 Å². The summed E-state index contributed by atoms with van der Waals surface area (Å²) in [5.74, 6) is 0.889. The fourth-order valence-electron chi connectivity index (χ4n) is 2.88. The maximum atomic E-state index is 12.7. The summed E-state index contributed by atoms with van der Waals surface area (Å²) in [6.07, 6.45) is 2.52. The molecule has 0 amide bonds. The second-order valence-electron chi connectivity index (χ2n) is 6.61. The minimum Gasteiger partial charge on any atom is -0.464 e. The van der Waals surface area contributed by atoms with E-state index in [1.165, 1.54) is 0 Å². The van der Waals surface area contributed by atoms with Gasteiger partial charge in [-0.25, -0.2) is 8.42 Å². The lowest BCUT2D eigenvalue weighted by molar-refractivity contribution is 0.457. The van der Waals surface area contributed by atoms with E-state index in [1.807, 2.05) is 12.1 Å². The van der Waals surface area contributed by atoms with E-state index in [2.05, 4.69) is 18.6 Å². The van der Waals surface area contributed by atoms with Crippen LogP contribution in [0.2, 0.25) is 0 Å². The van der Waals surface area contributed by atoms with Gasteiger partial charge < -0.3 is 10.2 Å². The zero-order valence-corrected chi connectivity index (χ0v) is 16.2. The molecule has 0 bridgehead atoms. The Kier molecular flexibility index (Phi) is 5.68. The molecule has 3 N–H and O–H groups in total. The van der Waals surface area contributed by atoms with Gasteiger partial charge in [0.2, 0.25) is 0 Å². The van der Waals surface area contributed by atoms with Crippen molar-refractivity contribution in [3.63, 3.8) is 0 Å². The number of furan rings is 1. The third kappa shape index (κ3) is 4.23. The fraction of sp³-hybridized carbons (Fsp3) is 0.238. The van der Waals surface area contributed by atoms with Gasteiger partial charge in [0.25, 0.3) is 10.0 Å². The Labute approximate surface area is 160 Å². The predicted molar refractivity (Wildman–Crippen MR) is 108 cm³/mol. The van der Waals surface area contributed by atoms with Crippen LogP contribution in [-0.4, -0.2) is 8.42 Å². The molecule has 0 radical (unpaired) electrons. The molecule has 3 aromatic rings. The molecule has 0 aliphatic heterocycles. The van der Waals surface area contributed by atoms with Crippen molar-refractivity contribution in [1.82, 2.24) is 0 Å². The number of rotatable bonds is 7. The quantitative estimate of drug-likeness (QED) is 0.613. The first kappa shape index (κ1) is 19.2. The summed E-state index contributed by atoms with van der Waals surface area (Å²) in [5.41, 5.74) is 8.43. The molecule has 142 valence electrons. The third-order valence-corrected chi connectivity index (χ3v) is 6.15. The molecule has 2 aromatic carbocycles. The first-order valence-corrected chi connectivity index (χ1v) is 10.4. The van der Waals surface area contributed by atoms with Gasteiger partial charge >= 0.3 is 0 Å². The molecule has 3 rings (SSSR count). The second kappa shape index (κ2) is 7.98. The summed E-state index contributed by atoms with van der Waals surface area (Å²) < 4.78 is 33.7. The Morgan fingerprint density at radius 3 is 2.44 bits per heavy atom. The molecular formula is C21H24N2O3S. The molecule has 1 aromatic heterocycles. The van der Waals surface area contributed by atoms with Crippen LogP contribution >= 0.6 is 0 Å². The summed E-state index contributed by atoms with van der Waals surface area (Å²) in [4.78, 5) is 0.204. The molecule has 0 aliphatic rings. The minimum absolute atomic E-state index is 0.136. The Morgan fingerprint density at radius 2 is 1.81 bits per heavy atom. The summed E-state index contributed by atoms with van der Waals surface area (Å²) in [5, 5.41) is 0. The summed E-state index contributed by atoms with van der Waals surface area (Å²) >= 11 is 0. The van der Waals surface area contributed by atoms with Crippen molar-refractivity contribution >= 4 is 15.7 Å². The minimum atomic E-state index is -3.70. The average Bonchev–Trinajstić information content (AvgIpc) is 3.22. The molecule has 0 aliphatic carbocycles. The lowest BCUT2D eigenvalue weighted by Crippen LogP contribution is -2.19. The lowest BCUT2D eigenvalue weighted by Gasteiger charge is -2.20. The Hall–Kier alpha value is -2.57. The molecule has 0 fully saturated rings. The molecule has 2 unspecified atom stereocenters. The molecular weight excluding hydrogens is 360 g/mol. The van der Waals surface area contributed by atoms with Crippen molar-refractivity contribution in [2.45, 2.75) is 31.2 Å². The SMILES string of the molecule is CCC(C)C(N)c1ccc(NS(=O)(=O)c2ccccc2)c(-c2ccco2)c1. The zero-order valence-electron chi connectivity index (χ0n) is 15.4. The van der Waals surface area contributed by atoms with Crippen LogP contribution < -0.4 is 10.5 Å². The molecule has 0 saturated carbocycles. The molecule has 27 heavy (non-hydrogen) atoms. The van der Waals surface area contributed by atoms with E-state index >= 15 is 0 Å². The highest BCUT2D eigenvalue weighted by atomic mass is 32.2. The van der Waals surface area contributed by atoms with E-state index in [4.69, 9.17) is 10.2 Å². The first-order chi connectivity index (χ1) is 12.9. The number of anilines is 1. The van der Waals surface area contributed by atoms with Gasteiger partial charge in [-0.3, -0.25) is 4.72 Å². The van der Waals surface area contributed by atoms with Gasteiger partial charge in [-0.15, -0.1) is 0 Å². The van der Waals surface area contributed by atoms with Crippen LogP contribution in [0, 0.1) is 5.92 Å². The van der Waals surface area contributed by atoms with Gasteiger partial charge in [0.15, 0.2) is 0 Å². The van der Waals surface area contributed by atoms with E-state index in [9.17, 15) is 8.42 Å². The fourth-order valence-corrected chi connectivity index (χ4v) is 3.98. The van der Waals surface area contributed by atoms with Gasteiger partial charge in [-0.2, -0.15) is 0 Å². The van der Waals surface area contributed by atoms with Crippen LogP contribution in [-0.2, 0) is 10.0 Å². The third-order valence-electron chi connectivity index (χ3n) is 4.77. The zero-order chi connectivity index (χ0) is 19.4. The van der Waals surface area contributed by atoms with Crippen LogP contribution in [0.5, 0.6) is 0 Å². The van der Waals surface area contributed by atoms with E-state index in [1.54, 1.807) is 54.8 Å². The number of sulfonamides is 1. The number of nitrogens with one attached hydrogen (secondary N) is 1. The number of hydrogen-bond acceptors (Lipinski definition) is 4. The molecule has 5 nitrogen and oxygen atoms in total. The van der Waals surface area contributed by atoms with Crippen LogP contribution in [0.4, 0.5) is 5.69 Å². The summed E-state index contributed by atoms with van der Waals surface area (Å²) in [7, 11) is -3.70. The number of hydrogen-bond donors (Lipinski definition) is 2. The standard InChI is InChI=1S/C21H24N2O3S/c1-3-15(2)21(22)16-11-12-19(18(14-16)20-10-7-13-26-20)23-27(24,25)17-8-5-4-6-9-17/h4-15,21,23H,3,22H2,1-2H3. The van der Waals surface area contributed by atoms with Crippen LogP contribution in [0.15, 0.2) is 76.2 Å². The maximum absolute atomic E-state index is 12.7. The Bertz CT molecular complexity index is 984. The van der Waals surface area contributed by atoms with Crippen LogP contribution in [0.25, 0.3) is 11.3 Å². The average molecular weight is 385 g/mol. The summed E-state index contributed by atoms with van der Waals surface area (Å²) in [6, 6.07) is 17.2. The van der Waals surface area contributed by atoms with Gasteiger partial charge in [0.05, 0.1) is 16.8 Å². The lowest BCUT2D eigenvalue weighted by atomic mass is 9.91. The van der Waals surface area contributed by atoms with Crippen molar-refractivity contribution < 1.29 is 12.8 Å². The van der Waals surface area contributed by atoms with Crippen molar-refractivity contribution in [3.05, 3.63) is 72.5 Å². The Balaban J connectivity index is 2.03. The van der Waals surface area contributed by atoms with Crippen molar-refractivity contribution in [1.29, 1.82) is 0 Å². The van der Waals surface area contributed by atoms with E-state index < -0.39 is 10.0 Å². The number of benzene rings is 2. The molecule has 2 atom stereocenters. The van der Waals surface area contributed by atoms with E-state index in [0.717, 1.165) is 12.0 Å². The summed E-state index contributed by atoms with van der Waals surface area (Å²) in [6.45, 7) is 4.20. The number of nitrogens with two attached hydrogens (primary N) is 1. The predicted octanol–water partition coefficient (Wildman–Crippen LogP) is 4.79. The highest BCUT2D eigenvalue weighted by molar-refractivity contribution is 7.92. The normalized spacial score (nSPS) is 13.9. The van der Waals surface area contributed by atoms with Gasteiger partial charge in [-0.05, 0) is 47.9 Å². The monoisotopic (exact) mass is 384 g/mol. The largest absolute Gasteiger partial charge is 0.464 e. The second-order valence-corrected chi connectivity index (χ2v) is 8.29.